The zero-order valence-electron chi connectivity index (χ0n) is 17.9. The second kappa shape index (κ2) is 12.2. The average Bonchev–Trinajstić information content (AvgIpc) is 3.52. The Kier molecular flexibility index (Phi) is 8.79. The van der Waals surface area contributed by atoms with Crippen LogP contribution in [0.15, 0.2) is 70.3 Å². The number of aromatic nitrogens is 3. The number of ketones is 1. The van der Waals surface area contributed by atoms with E-state index >= 15 is 0 Å². The molecule has 0 N–H and O–H groups in total. The number of carbonyl (C=O) groups excluding carboxylic acids is 1. The number of hydrogen-bond donors (Lipinski definition) is 0. The molecule has 0 fully saturated rings. The maximum absolute atomic E-state index is 12.2. The van der Waals surface area contributed by atoms with Crippen molar-refractivity contribution in [2.45, 2.75) is 18.7 Å². The van der Waals surface area contributed by atoms with Gasteiger partial charge in [-0.2, -0.15) is 0 Å². The zero-order valence-corrected chi connectivity index (χ0v) is 21.1. The molecular weight excluding hydrogens is 520 g/mol. The lowest BCUT2D eigenvalue weighted by Gasteiger charge is -2.06. The van der Waals surface area contributed by atoms with Crippen LogP contribution in [0.3, 0.4) is 0 Å². The van der Waals surface area contributed by atoms with Crippen LogP contribution in [0.25, 0.3) is 6.08 Å². The number of hydrogen-bond acceptors (Lipinski definition) is 7. The van der Waals surface area contributed by atoms with E-state index in [4.69, 9.17) is 4.74 Å². The quantitative estimate of drug-likeness (QED) is 0.185. The van der Waals surface area contributed by atoms with Gasteiger partial charge in [-0.05, 0) is 48.0 Å². The standard InChI is InChI=1S/C24H23BrN4O2S2/c25-20-7-5-19(6-8-20)23(30)11-4-18-2-9-22(10-3-18)31-14-1-13-29-16-21(27-28-29)17-33-24-26-12-15-32-24/h2-11,16H,1,12-15,17H2/b11-4+. The Morgan fingerprint density at radius 2 is 2.00 bits per heavy atom. The number of nitrogens with zero attached hydrogens (tertiary/aromatic N) is 4. The van der Waals surface area contributed by atoms with Gasteiger partial charge in [0.1, 0.15) is 10.1 Å². The van der Waals surface area contributed by atoms with Crippen LogP contribution in [0.5, 0.6) is 5.75 Å². The highest BCUT2D eigenvalue weighted by molar-refractivity contribution is 9.10. The fourth-order valence-corrected chi connectivity index (χ4v) is 5.18. The SMILES string of the molecule is O=C(/C=C/c1ccc(OCCCn2cc(CSC3=NCCS3)nn2)cc1)c1ccc(Br)cc1. The number of allylic oxidation sites excluding steroid dienone is 1. The molecule has 1 aliphatic rings. The van der Waals surface area contributed by atoms with E-state index in [1.807, 2.05) is 65.1 Å². The molecular formula is C24H23BrN4O2S2. The van der Waals surface area contributed by atoms with E-state index in [-0.39, 0.29) is 5.78 Å². The molecule has 0 bridgehead atoms. The maximum Gasteiger partial charge on any atom is 0.185 e. The fourth-order valence-electron chi connectivity index (χ4n) is 3.03. The summed E-state index contributed by atoms with van der Waals surface area (Å²) in [6, 6.07) is 15.0. The van der Waals surface area contributed by atoms with Crippen LogP contribution in [0.1, 0.15) is 28.0 Å². The number of halogens is 1. The lowest BCUT2D eigenvalue weighted by atomic mass is 10.1. The smallest absolute Gasteiger partial charge is 0.185 e. The number of carbonyl (C=O) groups is 1. The summed E-state index contributed by atoms with van der Waals surface area (Å²) in [5.74, 6) is 2.67. The van der Waals surface area contributed by atoms with Gasteiger partial charge in [0.2, 0.25) is 0 Å². The van der Waals surface area contributed by atoms with Gasteiger partial charge in [0.05, 0.1) is 18.8 Å². The van der Waals surface area contributed by atoms with Gasteiger partial charge in [-0.15, -0.1) is 5.10 Å². The first kappa shape index (κ1) is 23.8. The van der Waals surface area contributed by atoms with Crippen LogP contribution in [0.4, 0.5) is 0 Å². The monoisotopic (exact) mass is 542 g/mol. The molecule has 1 aliphatic heterocycles. The van der Waals surface area contributed by atoms with Gasteiger partial charge in [-0.1, -0.05) is 62.9 Å². The number of aryl methyl sites for hydroxylation is 1. The van der Waals surface area contributed by atoms with E-state index < -0.39 is 0 Å². The molecule has 0 atom stereocenters. The maximum atomic E-state index is 12.2. The summed E-state index contributed by atoms with van der Waals surface area (Å²) in [7, 11) is 0. The lowest BCUT2D eigenvalue weighted by Crippen LogP contribution is -2.05. The third kappa shape index (κ3) is 7.58. The average molecular weight is 544 g/mol. The van der Waals surface area contributed by atoms with Crippen LogP contribution in [0, 0.1) is 0 Å². The molecule has 33 heavy (non-hydrogen) atoms. The van der Waals surface area contributed by atoms with E-state index in [0.717, 1.165) is 56.9 Å². The van der Waals surface area contributed by atoms with Crippen LogP contribution in [0.2, 0.25) is 0 Å². The van der Waals surface area contributed by atoms with E-state index in [1.165, 1.54) is 0 Å². The van der Waals surface area contributed by atoms with E-state index in [9.17, 15) is 4.79 Å². The summed E-state index contributed by atoms with van der Waals surface area (Å²) >= 11 is 6.91. The molecule has 1 aromatic heterocycles. The van der Waals surface area contributed by atoms with E-state index in [2.05, 4.69) is 31.2 Å². The predicted octanol–water partition coefficient (Wildman–Crippen LogP) is 5.74. The van der Waals surface area contributed by atoms with Crippen molar-refractivity contribution in [3.05, 3.63) is 82.1 Å². The van der Waals surface area contributed by atoms with Crippen LogP contribution in [-0.2, 0) is 12.3 Å². The predicted molar refractivity (Wildman–Crippen MR) is 140 cm³/mol. The molecule has 4 rings (SSSR count). The Balaban J connectivity index is 1.17. The first-order valence-electron chi connectivity index (χ1n) is 10.6. The topological polar surface area (TPSA) is 69.4 Å². The van der Waals surface area contributed by atoms with Crippen LogP contribution in [-0.4, -0.2) is 44.1 Å². The number of benzene rings is 2. The Bertz CT molecular complexity index is 1130. The lowest BCUT2D eigenvalue weighted by molar-refractivity contribution is 0.104. The molecule has 9 heteroatoms. The molecule has 0 saturated carbocycles. The largest absolute Gasteiger partial charge is 0.494 e. The van der Waals surface area contributed by atoms with E-state index in [1.54, 1.807) is 30.0 Å². The summed E-state index contributed by atoms with van der Waals surface area (Å²) in [5.41, 5.74) is 2.58. The Hall–Kier alpha value is -2.36. The third-order valence-corrected chi connectivity index (χ3v) is 7.54. The highest BCUT2D eigenvalue weighted by Gasteiger charge is 2.09. The van der Waals surface area contributed by atoms with Gasteiger partial charge in [0, 0.05) is 40.7 Å². The molecule has 0 amide bonds. The van der Waals surface area contributed by atoms with Gasteiger partial charge in [0.25, 0.3) is 0 Å². The van der Waals surface area contributed by atoms with Gasteiger partial charge in [-0.25, -0.2) is 0 Å². The Morgan fingerprint density at radius 1 is 1.18 bits per heavy atom. The van der Waals surface area contributed by atoms with Crippen molar-refractivity contribution in [3.8, 4) is 5.75 Å². The van der Waals surface area contributed by atoms with Crippen molar-refractivity contribution in [1.29, 1.82) is 0 Å². The summed E-state index contributed by atoms with van der Waals surface area (Å²) < 4.78 is 9.79. The minimum atomic E-state index is -0.0242. The molecule has 0 radical (unpaired) electrons. The van der Waals surface area contributed by atoms with Crippen LogP contribution < -0.4 is 4.74 Å². The number of thioether (sulfide) groups is 2. The van der Waals surface area contributed by atoms with Gasteiger partial charge in [-0.3, -0.25) is 14.5 Å². The van der Waals surface area contributed by atoms with Crippen molar-refractivity contribution in [3.63, 3.8) is 0 Å². The number of rotatable bonds is 10. The van der Waals surface area contributed by atoms with Crippen molar-refractivity contribution >= 4 is 55.7 Å². The highest BCUT2D eigenvalue weighted by Crippen LogP contribution is 2.24. The summed E-state index contributed by atoms with van der Waals surface area (Å²) in [4.78, 5) is 16.7. The van der Waals surface area contributed by atoms with Crippen molar-refractivity contribution < 1.29 is 9.53 Å². The number of ether oxygens (including phenoxy) is 1. The van der Waals surface area contributed by atoms with Gasteiger partial charge >= 0.3 is 0 Å². The first-order valence-corrected chi connectivity index (χ1v) is 13.3. The molecule has 6 nitrogen and oxygen atoms in total. The highest BCUT2D eigenvalue weighted by atomic mass is 79.9. The van der Waals surface area contributed by atoms with Crippen molar-refractivity contribution in [2.24, 2.45) is 4.99 Å². The summed E-state index contributed by atoms with van der Waals surface area (Å²) in [5, 5.41) is 8.42. The third-order valence-electron chi connectivity index (χ3n) is 4.72. The molecule has 0 unspecified atom stereocenters. The minimum Gasteiger partial charge on any atom is -0.494 e. The molecule has 2 heterocycles. The number of aliphatic imine (C=N–C) groups is 1. The Labute approximate surface area is 210 Å². The van der Waals surface area contributed by atoms with Gasteiger partial charge in [0.15, 0.2) is 5.78 Å². The molecule has 0 spiro atoms. The summed E-state index contributed by atoms with van der Waals surface area (Å²) in [6.07, 6.45) is 6.22. The zero-order chi connectivity index (χ0) is 22.9. The fraction of sp³-hybridized carbons (Fsp3) is 0.250. The summed E-state index contributed by atoms with van der Waals surface area (Å²) in [6.45, 7) is 2.27. The minimum absolute atomic E-state index is 0.0242. The van der Waals surface area contributed by atoms with E-state index in [0.29, 0.717) is 12.2 Å². The molecule has 0 aliphatic carbocycles. The molecule has 0 saturated heterocycles. The molecule has 2 aromatic carbocycles. The normalized spacial score (nSPS) is 13.4. The second-order valence-electron chi connectivity index (χ2n) is 7.23. The second-order valence-corrected chi connectivity index (χ2v) is 10.5. The van der Waals surface area contributed by atoms with Crippen molar-refractivity contribution in [1.82, 2.24) is 15.0 Å². The van der Waals surface area contributed by atoms with Crippen molar-refractivity contribution in [2.75, 3.05) is 18.9 Å². The molecule has 3 aromatic rings. The molecule has 170 valence electrons. The Morgan fingerprint density at radius 3 is 2.76 bits per heavy atom. The van der Waals surface area contributed by atoms with Gasteiger partial charge < -0.3 is 4.74 Å². The van der Waals surface area contributed by atoms with Crippen LogP contribution >= 0.6 is 39.5 Å². The first-order chi connectivity index (χ1) is 16.2.